The van der Waals surface area contributed by atoms with E-state index in [-0.39, 0.29) is 24.0 Å². The first-order chi connectivity index (χ1) is 11.4. The molecule has 1 unspecified atom stereocenters. The number of halogens is 1. The fourth-order valence-electron chi connectivity index (χ4n) is 2.19. The van der Waals surface area contributed by atoms with Crippen LogP contribution < -0.4 is 10.6 Å². The molecule has 1 saturated heterocycles. The van der Waals surface area contributed by atoms with Crippen LogP contribution in [0.15, 0.2) is 4.99 Å². The van der Waals surface area contributed by atoms with Gasteiger partial charge in [0.25, 0.3) is 0 Å². The Balaban J connectivity index is 0.00000529. The molecule has 24 heavy (non-hydrogen) atoms. The summed E-state index contributed by atoms with van der Waals surface area (Å²) < 4.78 is 21.3. The monoisotopic (exact) mass is 459 g/mol. The van der Waals surface area contributed by atoms with Crippen molar-refractivity contribution in [1.82, 2.24) is 10.6 Å². The van der Waals surface area contributed by atoms with E-state index in [1.807, 2.05) is 0 Å². The molecule has 0 aromatic heterocycles. The number of guanidine groups is 1. The third-order valence-electron chi connectivity index (χ3n) is 3.55. The molecule has 0 saturated carbocycles. The number of nitrogens with zero attached hydrogens (tertiary/aromatic N) is 1. The topological polar surface area (TPSA) is 73.3 Å². The van der Waals surface area contributed by atoms with Crippen molar-refractivity contribution >= 4 is 29.9 Å². The number of methoxy groups -OCH3 is 1. The molecule has 1 aliphatic rings. The molecule has 1 rings (SSSR count). The van der Waals surface area contributed by atoms with Crippen LogP contribution in [0.5, 0.6) is 0 Å². The SMILES string of the molecule is CN=C(NCCCOCCOC)NCCCOCC1CCOC1.I. The lowest BCUT2D eigenvalue weighted by Gasteiger charge is -2.12. The lowest BCUT2D eigenvalue weighted by molar-refractivity contribution is 0.0698. The molecule has 7 nitrogen and oxygen atoms in total. The minimum atomic E-state index is 0. The third-order valence-corrected chi connectivity index (χ3v) is 3.55. The van der Waals surface area contributed by atoms with Crippen LogP contribution in [0.1, 0.15) is 19.3 Å². The number of hydrogen-bond donors (Lipinski definition) is 2. The molecule has 0 bridgehead atoms. The van der Waals surface area contributed by atoms with Crippen LogP contribution in [-0.4, -0.2) is 79.5 Å². The Morgan fingerprint density at radius 1 is 1.08 bits per heavy atom. The van der Waals surface area contributed by atoms with Gasteiger partial charge in [-0.05, 0) is 19.3 Å². The molecule has 0 aliphatic carbocycles. The van der Waals surface area contributed by atoms with Crippen molar-refractivity contribution in [3.63, 3.8) is 0 Å². The van der Waals surface area contributed by atoms with Crippen molar-refractivity contribution in [2.75, 3.05) is 73.5 Å². The van der Waals surface area contributed by atoms with Crippen LogP contribution in [0.4, 0.5) is 0 Å². The number of ether oxygens (including phenoxy) is 4. The summed E-state index contributed by atoms with van der Waals surface area (Å²) in [4.78, 5) is 4.19. The van der Waals surface area contributed by atoms with E-state index in [1.165, 1.54) is 0 Å². The van der Waals surface area contributed by atoms with Crippen molar-refractivity contribution in [1.29, 1.82) is 0 Å². The first-order valence-electron chi connectivity index (χ1n) is 8.53. The highest BCUT2D eigenvalue weighted by Gasteiger charge is 2.15. The summed E-state index contributed by atoms with van der Waals surface area (Å²) in [5.74, 6) is 1.41. The highest BCUT2D eigenvalue weighted by molar-refractivity contribution is 14.0. The van der Waals surface area contributed by atoms with Gasteiger partial charge in [-0.15, -0.1) is 24.0 Å². The molecule has 1 fully saturated rings. The van der Waals surface area contributed by atoms with E-state index >= 15 is 0 Å². The summed E-state index contributed by atoms with van der Waals surface area (Å²) in [5.41, 5.74) is 0. The Morgan fingerprint density at radius 2 is 1.79 bits per heavy atom. The molecule has 1 aliphatic heterocycles. The van der Waals surface area contributed by atoms with Crippen molar-refractivity contribution in [2.24, 2.45) is 10.9 Å². The maximum absolute atomic E-state index is 5.67. The molecule has 1 atom stereocenters. The average Bonchev–Trinajstić information content (AvgIpc) is 3.08. The van der Waals surface area contributed by atoms with E-state index in [0.717, 1.165) is 71.3 Å². The Labute approximate surface area is 163 Å². The van der Waals surface area contributed by atoms with E-state index < -0.39 is 0 Å². The van der Waals surface area contributed by atoms with Crippen LogP contribution in [0, 0.1) is 5.92 Å². The van der Waals surface area contributed by atoms with E-state index in [9.17, 15) is 0 Å². The lowest BCUT2D eigenvalue weighted by atomic mass is 10.1. The molecule has 0 aromatic carbocycles. The fourth-order valence-corrected chi connectivity index (χ4v) is 2.19. The predicted molar refractivity (Wildman–Crippen MR) is 106 cm³/mol. The first-order valence-corrected chi connectivity index (χ1v) is 8.53. The standard InChI is InChI=1S/C16H33N3O4.HI/c1-17-16(18-6-3-8-21-12-11-20-2)19-7-4-9-22-13-15-5-10-23-14-15;/h15H,3-14H2,1-2H3,(H2,17,18,19);1H. The number of hydrogen-bond acceptors (Lipinski definition) is 5. The van der Waals surface area contributed by atoms with Crippen LogP contribution in [0.2, 0.25) is 0 Å². The number of rotatable bonds is 13. The zero-order valence-corrected chi connectivity index (χ0v) is 17.4. The molecular formula is C16H34IN3O4. The molecule has 0 amide bonds. The van der Waals surface area contributed by atoms with Gasteiger partial charge in [-0.25, -0.2) is 0 Å². The smallest absolute Gasteiger partial charge is 0.190 e. The van der Waals surface area contributed by atoms with E-state index in [0.29, 0.717) is 19.1 Å². The van der Waals surface area contributed by atoms with Crippen molar-refractivity contribution in [3.05, 3.63) is 0 Å². The second kappa shape index (κ2) is 17.7. The van der Waals surface area contributed by atoms with Gasteiger partial charge >= 0.3 is 0 Å². The maximum Gasteiger partial charge on any atom is 0.190 e. The van der Waals surface area contributed by atoms with E-state index in [4.69, 9.17) is 18.9 Å². The number of nitrogens with one attached hydrogen (secondary N) is 2. The second-order valence-electron chi connectivity index (χ2n) is 5.54. The molecule has 144 valence electrons. The number of aliphatic imine (C=N–C) groups is 1. The van der Waals surface area contributed by atoms with Gasteiger partial charge in [-0.2, -0.15) is 0 Å². The van der Waals surface area contributed by atoms with Gasteiger partial charge in [0, 0.05) is 53.0 Å². The highest BCUT2D eigenvalue weighted by atomic mass is 127. The predicted octanol–water partition coefficient (Wildman–Crippen LogP) is 1.27. The highest BCUT2D eigenvalue weighted by Crippen LogP contribution is 2.12. The average molecular weight is 459 g/mol. The molecule has 1 heterocycles. The van der Waals surface area contributed by atoms with Crippen LogP contribution in [-0.2, 0) is 18.9 Å². The normalized spacial score (nSPS) is 17.6. The van der Waals surface area contributed by atoms with Crippen LogP contribution in [0.3, 0.4) is 0 Å². The van der Waals surface area contributed by atoms with Gasteiger partial charge in [0.2, 0.25) is 0 Å². The first kappa shape index (κ1) is 23.8. The summed E-state index contributed by atoms with van der Waals surface area (Å²) in [5, 5.41) is 6.55. The second-order valence-corrected chi connectivity index (χ2v) is 5.54. The zero-order chi connectivity index (χ0) is 16.6. The Kier molecular flexibility index (Phi) is 17.5. The van der Waals surface area contributed by atoms with Gasteiger partial charge in [0.05, 0.1) is 26.4 Å². The van der Waals surface area contributed by atoms with Crippen molar-refractivity contribution in [2.45, 2.75) is 19.3 Å². The molecule has 0 radical (unpaired) electrons. The Morgan fingerprint density at radius 3 is 2.38 bits per heavy atom. The van der Waals surface area contributed by atoms with Gasteiger partial charge in [0.15, 0.2) is 5.96 Å². The fraction of sp³-hybridized carbons (Fsp3) is 0.938. The quantitative estimate of drug-likeness (QED) is 0.187. The largest absolute Gasteiger partial charge is 0.382 e. The maximum atomic E-state index is 5.67. The summed E-state index contributed by atoms with van der Waals surface area (Å²) >= 11 is 0. The minimum Gasteiger partial charge on any atom is -0.382 e. The summed E-state index contributed by atoms with van der Waals surface area (Å²) in [6.45, 7) is 7.04. The lowest BCUT2D eigenvalue weighted by Crippen LogP contribution is -2.38. The molecular weight excluding hydrogens is 425 g/mol. The molecule has 0 aromatic rings. The van der Waals surface area contributed by atoms with Crippen molar-refractivity contribution in [3.8, 4) is 0 Å². The summed E-state index contributed by atoms with van der Waals surface area (Å²) in [7, 11) is 3.45. The Hall–Kier alpha value is -0.160. The third kappa shape index (κ3) is 13.2. The molecule has 2 N–H and O–H groups in total. The summed E-state index contributed by atoms with van der Waals surface area (Å²) in [6, 6.07) is 0. The minimum absolute atomic E-state index is 0. The van der Waals surface area contributed by atoms with Gasteiger partial charge in [-0.1, -0.05) is 0 Å². The van der Waals surface area contributed by atoms with E-state index in [2.05, 4.69) is 15.6 Å². The Bertz CT molecular complexity index is 303. The van der Waals surface area contributed by atoms with Gasteiger partial charge < -0.3 is 29.6 Å². The molecule has 8 heteroatoms. The van der Waals surface area contributed by atoms with E-state index in [1.54, 1.807) is 14.2 Å². The van der Waals surface area contributed by atoms with Crippen LogP contribution in [0.25, 0.3) is 0 Å². The van der Waals surface area contributed by atoms with Gasteiger partial charge in [-0.3, -0.25) is 4.99 Å². The zero-order valence-electron chi connectivity index (χ0n) is 15.1. The van der Waals surface area contributed by atoms with Gasteiger partial charge in [0.1, 0.15) is 0 Å². The van der Waals surface area contributed by atoms with Crippen LogP contribution >= 0.6 is 24.0 Å². The van der Waals surface area contributed by atoms with Crippen molar-refractivity contribution < 1.29 is 18.9 Å². The molecule has 0 spiro atoms. The summed E-state index contributed by atoms with van der Waals surface area (Å²) in [6.07, 6.45) is 3.04.